The Balaban J connectivity index is 0. The second-order valence-corrected chi connectivity index (χ2v) is 8.86. The fourth-order valence-electron chi connectivity index (χ4n) is 1.63. The summed E-state index contributed by atoms with van der Waals surface area (Å²) in [6, 6.07) is 0. The summed E-state index contributed by atoms with van der Waals surface area (Å²) in [5.41, 5.74) is -3.36. The molecule has 0 fully saturated rings. The van der Waals surface area contributed by atoms with Gasteiger partial charge in [0.25, 0.3) is 13.7 Å². The molecular weight excluding hydrogens is 410 g/mol. The Morgan fingerprint density at radius 3 is 2.22 bits per heavy atom. The molecule has 10 nitrogen and oxygen atoms in total. The summed E-state index contributed by atoms with van der Waals surface area (Å²) in [7, 11) is -4.98. The van der Waals surface area contributed by atoms with Crippen LogP contribution in [-0.2, 0) is 23.5 Å². The van der Waals surface area contributed by atoms with Gasteiger partial charge in [0.1, 0.15) is 5.60 Å². The summed E-state index contributed by atoms with van der Waals surface area (Å²) in [6.07, 6.45) is -0.0319. The summed E-state index contributed by atoms with van der Waals surface area (Å²) in [6.45, 7) is 5.05. The predicted octanol–water partition coefficient (Wildman–Crippen LogP) is -3.85. The average Bonchev–Trinajstić information content (AvgIpc) is 2.48. The van der Waals surface area contributed by atoms with Gasteiger partial charge in [0.2, 0.25) is 5.91 Å². The first kappa shape index (κ1) is 29.2. The first-order chi connectivity index (χ1) is 11.7. The Labute approximate surface area is 185 Å². The van der Waals surface area contributed by atoms with Gasteiger partial charge in [-0.1, -0.05) is 25.6 Å². The van der Waals surface area contributed by atoms with E-state index in [1.807, 2.05) is 0 Å². The number of phosphoric ester groups is 1. The molecule has 0 aliphatic carbocycles. The zero-order chi connectivity index (χ0) is 20.6. The molecule has 0 heterocycles. The maximum Gasteiger partial charge on any atom is 1.00 e. The molecular formula is C14H26N2NaO8PS. The van der Waals surface area contributed by atoms with Crippen LogP contribution in [0.5, 0.6) is 0 Å². The summed E-state index contributed by atoms with van der Waals surface area (Å²) < 4.78 is 15.0. The van der Waals surface area contributed by atoms with Crippen LogP contribution >= 0.6 is 19.6 Å². The molecule has 0 spiro atoms. The zero-order valence-corrected chi connectivity index (χ0v) is 19.9. The molecule has 0 aliphatic rings. The molecule has 152 valence electrons. The largest absolute Gasteiger partial charge is 1.00 e. The van der Waals surface area contributed by atoms with Crippen LogP contribution in [0.3, 0.4) is 0 Å². The van der Waals surface area contributed by atoms with E-state index in [2.05, 4.69) is 15.2 Å². The van der Waals surface area contributed by atoms with Crippen molar-refractivity contribution < 1.29 is 67.9 Å². The van der Waals surface area contributed by atoms with Crippen LogP contribution in [0, 0.1) is 5.41 Å². The smallest absolute Gasteiger partial charge is 0.756 e. The second kappa shape index (κ2) is 12.6. The molecule has 13 heteroatoms. The first-order valence-electron chi connectivity index (χ1n) is 7.78. The Morgan fingerprint density at radius 2 is 1.74 bits per heavy atom. The predicted molar refractivity (Wildman–Crippen MR) is 94.0 cm³/mol. The van der Waals surface area contributed by atoms with Crippen LogP contribution in [0.2, 0.25) is 0 Å². The number of rotatable bonds is 11. The van der Waals surface area contributed by atoms with E-state index in [4.69, 9.17) is 4.89 Å². The molecule has 0 aliphatic heterocycles. The van der Waals surface area contributed by atoms with Gasteiger partial charge in [-0.25, -0.2) is 0 Å². The summed E-state index contributed by atoms with van der Waals surface area (Å²) in [4.78, 5) is 53.8. The molecule has 4 N–H and O–H groups in total. The van der Waals surface area contributed by atoms with Crippen molar-refractivity contribution in [1.29, 1.82) is 0 Å². The van der Waals surface area contributed by atoms with Crippen molar-refractivity contribution in [2.24, 2.45) is 5.41 Å². The molecule has 0 aromatic rings. The van der Waals surface area contributed by atoms with Gasteiger partial charge in [0, 0.05) is 37.6 Å². The van der Waals surface area contributed by atoms with Crippen molar-refractivity contribution in [2.45, 2.75) is 39.7 Å². The zero-order valence-electron chi connectivity index (χ0n) is 16.2. The second-order valence-electron chi connectivity index (χ2n) is 6.39. The number of carbonyl (C=O) groups excluding carboxylic acids is 3. The van der Waals surface area contributed by atoms with Gasteiger partial charge in [-0.05, 0) is 6.92 Å². The number of carbonyl (C=O) groups is 3. The van der Waals surface area contributed by atoms with Gasteiger partial charge < -0.3 is 30.1 Å². The maximum absolute atomic E-state index is 12.2. The van der Waals surface area contributed by atoms with E-state index in [9.17, 15) is 28.9 Å². The van der Waals surface area contributed by atoms with Crippen LogP contribution < -0.4 is 45.1 Å². The number of nitrogens with one attached hydrogen (secondary N) is 2. The average molecular weight is 436 g/mol. The summed E-state index contributed by atoms with van der Waals surface area (Å²) in [5.74, 6) is -0.695. The minimum absolute atomic E-state index is 0. The van der Waals surface area contributed by atoms with E-state index < -0.39 is 31.4 Å². The number of aliphatic hydroxyl groups is 1. The molecule has 0 radical (unpaired) electrons. The molecule has 0 aromatic carbocycles. The Morgan fingerprint density at radius 1 is 1.19 bits per heavy atom. The topological polar surface area (TPSA) is 165 Å². The van der Waals surface area contributed by atoms with E-state index in [1.165, 1.54) is 27.7 Å². The van der Waals surface area contributed by atoms with Crippen molar-refractivity contribution >= 4 is 36.5 Å². The molecule has 0 rings (SSSR count). The molecule has 2 amide bonds. The van der Waals surface area contributed by atoms with E-state index in [0.717, 1.165) is 11.8 Å². The number of hydrogen-bond acceptors (Lipinski definition) is 8. The number of amides is 2. The molecule has 27 heavy (non-hydrogen) atoms. The maximum atomic E-state index is 12.2. The van der Waals surface area contributed by atoms with E-state index >= 15 is 0 Å². The van der Waals surface area contributed by atoms with Crippen molar-refractivity contribution in [2.75, 3.05) is 25.4 Å². The number of phosphoric acid groups is 1. The van der Waals surface area contributed by atoms with Gasteiger partial charge in [-0.3, -0.25) is 18.9 Å². The Kier molecular flexibility index (Phi) is 13.6. The molecule has 0 saturated carbocycles. The van der Waals surface area contributed by atoms with E-state index in [0.29, 0.717) is 12.3 Å². The molecule has 0 aromatic heterocycles. The van der Waals surface area contributed by atoms with Gasteiger partial charge in [0.05, 0.1) is 6.61 Å². The Bertz CT molecular complexity index is 567. The van der Waals surface area contributed by atoms with Crippen LogP contribution in [-0.4, -0.2) is 58.0 Å². The third kappa shape index (κ3) is 12.2. The number of thioether (sulfide) groups is 1. The molecule has 0 saturated heterocycles. The van der Waals surface area contributed by atoms with Gasteiger partial charge in [-0.15, -0.1) is 0 Å². The van der Waals surface area contributed by atoms with Crippen molar-refractivity contribution in [1.82, 2.24) is 10.6 Å². The monoisotopic (exact) mass is 436 g/mol. The SMILES string of the molecule is CC(=O)SCCNC(=O)CCNC(=O)C(C)(O)C(C)(C)COP(=O)([O-])O.[Na+]. The first-order valence-corrected chi connectivity index (χ1v) is 10.3. The van der Waals surface area contributed by atoms with E-state index in [1.54, 1.807) is 0 Å². The van der Waals surface area contributed by atoms with Crippen molar-refractivity contribution in [3.05, 3.63) is 0 Å². The normalized spacial score (nSPS) is 15.7. The van der Waals surface area contributed by atoms with Crippen molar-refractivity contribution in [3.63, 3.8) is 0 Å². The number of hydrogen-bond donors (Lipinski definition) is 4. The van der Waals surface area contributed by atoms with Crippen LogP contribution in [0.25, 0.3) is 0 Å². The van der Waals surface area contributed by atoms with E-state index in [-0.39, 0.29) is 53.5 Å². The third-order valence-electron chi connectivity index (χ3n) is 3.72. The molecule has 2 unspecified atom stereocenters. The molecule has 0 bridgehead atoms. The van der Waals surface area contributed by atoms with Crippen LogP contribution in [0.15, 0.2) is 0 Å². The fourth-order valence-corrected chi connectivity index (χ4v) is 2.60. The van der Waals surface area contributed by atoms with Crippen molar-refractivity contribution in [3.8, 4) is 0 Å². The summed E-state index contributed by atoms with van der Waals surface area (Å²) in [5, 5.41) is 15.3. The minimum atomic E-state index is -4.98. The quantitative estimate of drug-likeness (QED) is 0.144. The third-order valence-corrected chi connectivity index (χ3v) is 4.99. The molecule has 2 atom stereocenters. The fraction of sp³-hybridized carbons (Fsp3) is 0.786. The minimum Gasteiger partial charge on any atom is -0.756 e. The standard InChI is InChI=1S/C14H27N2O8PS.Na/c1-10(17)26-8-7-15-11(18)5-6-16-12(19)14(4,20)13(2,3)9-24-25(21,22)23;/h20H,5-9H2,1-4H3,(H,15,18)(H,16,19)(H2,21,22,23);/q;+1/p-1. The van der Waals surface area contributed by atoms with Gasteiger partial charge in [-0.2, -0.15) is 0 Å². The van der Waals surface area contributed by atoms with Gasteiger partial charge >= 0.3 is 29.6 Å². The van der Waals surface area contributed by atoms with Crippen LogP contribution in [0.4, 0.5) is 0 Å². The summed E-state index contributed by atoms with van der Waals surface area (Å²) >= 11 is 1.09. The van der Waals surface area contributed by atoms with Crippen LogP contribution in [0.1, 0.15) is 34.1 Å². The Hall–Kier alpha value is 0.0300. The van der Waals surface area contributed by atoms with Gasteiger partial charge in [0.15, 0.2) is 5.12 Å².